The highest BCUT2D eigenvalue weighted by Crippen LogP contribution is 2.30. The molecule has 0 aromatic heterocycles. The molecule has 2 fully saturated rings. The van der Waals surface area contributed by atoms with Gasteiger partial charge < -0.3 is 5.32 Å². The molecule has 1 aliphatic heterocycles. The molecule has 0 bridgehead atoms. The lowest BCUT2D eigenvalue weighted by molar-refractivity contribution is 0.210. The molecule has 3 heteroatoms. The van der Waals surface area contributed by atoms with E-state index in [1.54, 1.807) is 0 Å². The van der Waals surface area contributed by atoms with Gasteiger partial charge in [0.1, 0.15) is 0 Å². The van der Waals surface area contributed by atoms with Gasteiger partial charge in [0.15, 0.2) is 0 Å². The van der Waals surface area contributed by atoms with Gasteiger partial charge in [-0.1, -0.05) is 19.3 Å². The highest BCUT2D eigenvalue weighted by molar-refractivity contribution is 7.99. The summed E-state index contributed by atoms with van der Waals surface area (Å²) in [5.41, 5.74) is 0. The van der Waals surface area contributed by atoms with Gasteiger partial charge in [0.25, 0.3) is 0 Å². The molecular weight excluding hydrogens is 240 g/mol. The molecule has 0 radical (unpaired) electrons. The Morgan fingerprint density at radius 1 is 1.28 bits per heavy atom. The van der Waals surface area contributed by atoms with E-state index < -0.39 is 0 Å². The first-order chi connectivity index (χ1) is 8.83. The van der Waals surface area contributed by atoms with Crippen LogP contribution in [0.15, 0.2) is 0 Å². The van der Waals surface area contributed by atoms with Crippen molar-refractivity contribution in [3.63, 3.8) is 0 Å². The highest BCUT2D eigenvalue weighted by Gasteiger charge is 2.29. The van der Waals surface area contributed by atoms with Crippen molar-refractivity contribution in [2.75, 3.05) is 25.4 Å². The first-order valence-electron chi connectivity index (χ1n) is 7.37. The first kappa shape index (κ1) is 14.2. The Morgan fingerprint density at radius 3 is 2.72 bits per heavy atom. The summed E-state index contributed by atoms with van der Waals surface area (Å²) in [7, 11) is 0. The van der Waals surface area contributed by atoms with E-state index >= 15 is 0 Å². The molecule has 2 atom stereocenters. The van der Waals surface area contributed by atoms with E-state index in [4.69, 9.17) is 6.42 Å². The zero-order chi connectivity index (χ0) is 12.8. The molecule has 102 valence electrons. The van der Waals surface area contributed by atoms with Gasteiger partial charge in [-0.15, -0.1) is 6.42 Å². The van der Waals surface area contributed by atoms with Gasteiger partial charge in [0.2, 0.25) is 0 Å². The van der Waals surface area contributed by atoms with Gasteiger partial charge in [-0.05, 0) is 31.4 Å². The van der Waals surface area contributed by atoms with Crippen LogP contribution in [0.2, 0.25) is 0 Å². The minimum atomic E-state index is 0.724. The third-order valence-corrected chi connectivity index (χ3v) is 5.51. The van der Waals surface area contributed by atoms with Crippen LogP contribution in [-0.4, -0.2) is 47.6 Å². The maximum absolute atomic E-state index is 5.37. The summed E-state index contributed by atoms with van der Waals surface area (Å²) in [5, 5.41) is 4.78. The lowest BCUT2D eigenvalue weighted by Gasteiger charge is -2.34. The van der Waals surface area contributed by atoms with Gasteiger partial charge >= 0.3 is 0 Å². The summed E-state index contributed by atoms with van der Waals surface area (Å²) < 4.78 is 0. The molecule has 0 spiro atoms. The van der Waals surface area contributed by atoms with Crippen molar-refractivity contribution in [3.8, 4) is 12.3 Å². The van der Waals surface area contributed by atoms with E-state index in [0.717, 1.165) is 23.9 Å². The van der Waals surface area contributed by atoms with E-state index in [0.29, 0.717) is 0 Å². The van der Waals surface area contributed by atoms with Crippen molar-refractivity contribution in [1.82, 2.24) is 10.2 Å². The Bertz CT molecular complexity index is 279. The van der Waals surface area contributed by atoms with Crippen LogP contribution in [0.4, 0.5) is 0 Å². The fraction of sp³-hybridized carbons (Fsp3) is 0.867. The largest absolute Gasteiger partial charge is 0.310 e. The van der Waals surface area contributed by atoms with Gasteiger partial charge in [0, 0.05) is 30.4 Å². The van der Waals surface area contributed by atoms with Gasteiger partial charge in [-0.25, -0.2) is 0 Å². The third-order valence-electron chi connectivity index (χ3n) is 4.19. The summed E-state index contributed by atoms with van der Waals surface area (Å²) in [6.07, 6.45) is 12.1. The van der Waals surface area contributed by atoms with Crippen LogP contribution in [-0.2, 0) is 0 Å². The van der Waals surface area contributed by atoms with Crippen LogP contribution in [0, 0.1) is 12.3 Å². The molecule has 1 saturated carbocycles. The lowest BCUT2D eigenvalue weighted by atomic mass is 10.0. The molecule has 0 amide bonds. The topological polar surface area (TPSA) is 15.3 Å². The average Bonchev–Trinajstić information content (AvgIpc) is 2.80. The molecule has 2 rings (SSSR count). The summed E-state index contributed by atoms with van der Waals surface area (Å²) in [4.78, 5) is 2.39. The second kappa shape index (κ2) is 7.43. The molecule has 1 heterocycles. The van der Waals surface area contributed by atoms with Crippen molar-refractivity contribution in [3.05, 3.63) is 0 Å². The van der Waals surface area contributed by atoms with Crippen molar-refractivity contribution in [2.45, 2.75) is 56.4 Å². The minimum absolute atomic E-state index is 0.724. The minimum Gasteiger partial charge on any atom is -0.310 e. The average molecular weight is 266 g/mol. The first-order valence-corrected chi connectivity index (χ1v) is 8.41. The van der Waals surface area contributed by atoms with Crippen LogP contribution in [0.5, 0.6) is 0 Å². The van der Waals surface area contributed by atoms with Crippen molar-refractivity contribution < 1.29 is 0 Å². The van der Waals surface area contributed by atoms with E-state index in [1.165, 1.54) is 50.9 Å². The Hall–Kier alpha value is -0.170. The van der Waals surface area contributed by atoms with Crippen LogP contribution < -0.4 is 5.32 Å². The van der Waals surface area contributed by atoms with Crippen LogP contribution in [0.3, 0.4) is 0 Å². The van der Waals surface area contributed by atoms with Gasteiger partial charge in [-0.2, -0.15) is 11.8 Å². The number of nitrogens with zero attached hydrogens (tertiary/aromatic N) is 1. The standard InChI is InChI=1S/C15H26N2S/c1-3-10-17-11-8-13(9-12-17)16-14-6-5-7-15(14)18-4-2/h1,13-16H,4-12H2,2H3. The number of likely N-dealkylation sites (tertiary alicyclic amines) is 1. The number of hydrogen-bond donors (Lipinski definition) is 1. The Kier molecular flexibility index (Phi) is 5.88. The fourth-order valence-corrected chi connectivity index (χ4v) is 4.43. The molecule has 0 aromatic rings. The van der Waals surface area contributed by atoms with Crippen LogP contribution >= 0.6 is 11.8 Å². The van der Waals surface area contributed by atoms with Gasteiger partial charge in [-0.3, -0.25) is 4.90 Å². The van der Waals surface area contributed by atoms with Crippen LogP contribution in [0.25, 0.3) is 0 Å². The lowest BCUT2D eigenvalue weighted by Crippen LogP contribution is -2.47. The SMILES string of the molecule is C#CCN1CCC(NC2CCCC2SCC)CC1. The quantitative estimate of drug-likeness (QED) is 0.769. The zero-order valence-corrected chi connectivity index (χ0v) is 12.3. The number of hydrogen-bond acceptors (Lipinski definition) is 3. The predicted octanol–water partition coefficient (Wildman–Crippen LogP) is 2.35. The molecule has 18 heavy (non-hydrogen) atoms. The zero-order valence-electron chi connectivity index (χ0n) is 11.5. The van der Waals surface area contributed by atoms with E-state index in [1.807, 2.05) is 0 Å². The van der Waals surface area contributed by atoms with Crippen molar-refractivity contribution in [2.24, 2.45) is 0 Å². The van der Waals surface area contributed by atoms with Crippen molar-refractivity contribution in [1.29, 1.82) is 0 Å². The summed E-state index contributed by atoms with van der Waals surface area (Å²) in [6, 6.07) is 1.49. The maximum Gasteiger partial charge on any atom is 0.0598 e. The number of rotatable bonds is 5. The molecule has 1 saturated heterocycles. The molecule has 2 unspecified atom stereocenters. The molecule has 0 aromatic carbocycles. The third kappa shape index (κ3) is 3.91. The Balaban J connectivity index is 1.72. The maximum atomic E-state index is 5.37. The number of terminal acetylenes is 1. The van der Waals surface area contributed by atoms with Crippen molar-refractivity contribution >= 4 is 11.8 Å². The Morgan fingerprint density at radius 2 is 2.06 bits per heavy atom. The summed E-state index contributed by atoms with van der Waals surface area (Å²) in [6.45, 7) is 5.43. The molecule has 1 aliphatic carbocycles. The fourth-order valence-electron chi connectivity index (χ4n) is 3.22. The summed E-state index contributed by atoms with van der Waals surface area (Å²) in [5.74, 6) is 4.00. The second-order valence-corrected chi connectivity index (χ2v) is 6.97. The number of piperidine rings is 1. The monoisotopic (exact) mass is 266 g/mol. The normalized spacial score (nSPS) is 30.4. The van der Waals surface area contributed by atoms with E-state index in [2.05, 4.69) is 34.8 Å². The number of thioether (sulfide) groups is 1. The Labute approximate surface area is 116 Å². The summed E-state index contributed by atoms with van der Waals surface area (Å²) >= 11 is 2.14. The van der Waals surface area contributed by atoms with E-state index in [9.17, 15) is 0 Å². The molecule has 2 nitrogen and oxygen atoms in total. The highest BCUT2D eigenvalue weighted by atomic mass is 32.2. The van der Waals surface area contributed by atoms with E-state index in [-0.39, 0.29) is 0 Å². The molecule has 1 N–H and O–H groups in total. The van der Waals surface area contributed by atoms with Crippen LogP contribution in [0.1, 0.15) is 39.0 Å². The van der Waals surface area contributed by atoms with Gasteiger partial charge in [0.05, 0.1) is 6.54 Å². The smallest absolute Gasteiger partial charge is 0.0598 e. The number of nitrogens with one attached hydrogen (secondary N) is 1. The molecular formula is C15H26N2S. The molecule has 2 aliphatic rings. The second-order valence-electron chi connectivity index (χ2n) is 5.45. The predicted molar refractivity (Wildman–Crippen MR) is 81.0 cm³/mol.